The first-order valence-corrected chi connectivity index (χ1v) is 9.19. The number of piperidine rings is 1. The van der Waals surface area contributed by atoms with Gasteiger partial charge in [-0.05, 0) is 23.6 Å². The molecule has 3 rings (SSSR count). The van der Waals surface area contributed by atoms with Crippen LogP contribution >= 0.6 is 23.2 Å². The van der Waals surface area contributed by atoms with Gasteiger partial charge in [0.2, 0.25) is 5.91 Å². The molecule has 2 aliphatic heterocycles. The predicted octanol–water partition coefficient (Wildman–Crippen LogP) is 4.10. The summed E-state index contributed by atoms with van der Waals surface area (Å²) in [5, 5.41) is 0.990. The number of hydrogen-bond acceptors (Lipinski definition) is 3. The summed E-state index contributed by atoms with van der Waals surface area (Å²) >= 11 is 12.2. The number of likely N-dealkylation sites (tertiary alicyclic amines) is 1. The number of ether oxygens (including phenoxy) is 2. The van der Waals surface area contributed by atoms with E-state index in [-0.39, 0.29) is 17.7 Å². The summed E-state index contributed by atoms with van der Waals surface area (Å²) in [5.41, 5.74) is 0.915. The van der Waals surface area contributed by atoms with E-state index in [4.69, 9.17) is 32.7 Å². The molecule has 2 aliphatic rings. The molecule has 1 unspecified atom stereocenters. The molecule has 1 atom stereocenters. The number of carbonyl (C=O) groups excluding carboxylic acids is 1. The van der Waals surface area contributed by atoms with Gasteiger partial charge in [-0.15, -0.1) is 0 Å². The van der Waals surface area contributed by atoms with Crippen LogP contribution in [-0.4, -0.2) is 42.9 Å². The van der Waals surface area contributed by atoms with E-state index in [0.29, 0.717) is 36.3 Å². The van der Waals surface area contributed by atoms with Crippen molar-refractivity contribution in [2.24, 2.45) is 5.92 Å². The highest BCUT2D eigenvalue weighted by Crippen LogP contribution is 2.35. The van der Waals surface area contributed by atoms with Crippen molar-refractivity contribution in [2.75, 3.05) is 26.3 Å². The Bertz CT molecular complexity index is 604. The van der Waals surface area contributed by atoms with Crippen LogP contribution in [-0.2, 0) is 14.3 Å². The zero-order valence-corrected chi connectivity index (χ0v) is 15.6. The molecule has 0 saturated carbocycles. The van der Waals surface area contributed by atoms with E-state index >= 15 is 0 Å². The van der Waals surface area contributed by atoms with Crippen molar-refractivity contribution < 1.29 is 14.3 Å². The smallest absolute Gasteiger partial charge is 0.230 e. The van der Waals surface area contributed by atoms with Crippen LogP contribution in [0.15, 0.2) is 18.2 Å². The predicted molar refractivity (Wildman–Crippen MR) is 94.5 cm³/mol. The second-order valence-electron chi connectivity index (χ2n) is 6.83. The minimum absolute atomic E-state index is 0.135. The molecule has 0 aromatic heterocycles. The quantitative estimate of drug-likeness (QED) is 0.802. The summed E-state index contributed by atoms with van der Waals surface area (Å²) in [4.78, 5) is 15.0. The Kier molecular flexibility index (Phi) is 5.40. The molecule has 1 aromatic rings. The Balaban J connectivity index is 1.74. The van der Waals surface area contributed by atoms with E-state index < -0.39 is 5.79 Å². The van der Waals surface area contributed by atoms with Crippen LogP contribution in [0.1, 0.15) is 38.2 Å². The van der Waals surface area contributed by atoms with Gasteiger partial charge in [0.25, 0.3) is 0 Å². The Morgan fingerprint density at radius 2 is 1.75 bits per heavy atom. The molecule has 0 radical (unpaired) electrons. The number of halogens is 2. The fourth-order valence-corrected chi connectivity index (χ4v) is 3.88. The number of hydrogen-bond donors (Lipinski definition) is 0. The fraction of sp³-hybridized carbons (Fsp3) is 0.611. The van der Waals surface area contributed by atoms with Crippen molar-refractivity contribution in [1.82, 2.24) is 4.90 Å². The molecule has 132 valence electrons. The van der Waals surface area contributed by atoms with Crippen molar-refractivity contribution >= 4 is 29.1 Å². The molecule has 4 nitrogen and oxygen atoms in total. The first kappa shape index (κ1) is 18.0. The third kappa shape index (κ3) is 3.57. The number of rotatable bonds is 3. The normalized spacial score (nSPS) is 21.5. The van der Waals surface area contributed by atoms with Crippen molar-refractivity contribution in [1.29, 1.82) is 0 Å². The van der Waals surface area contributed by atoms with Gasteiger partial charge in [0.1, 0.15) is 0 Å². The highest BCUT2D eigenvalue weighted by molar-refractivity contribution is 6.42. The van der Waals surface area contributed by atoms with Gasteiger partial charge in [0.05, 0.1) is 29.2 Å². The van der Waals surface area contributed by atoms with Crippen molar-refractivity contribution in [3.63, 3.8) is 0 Å². The average molecular weight is 372 g/mol. The largest absolute Gasteiger partial charge is 0.347 e. The summed E-state index contributed by atoms with van der Waals surface area (Å²) in [6.45, 7) is 6.71. The lowest BCUT2D eigenvalue weighted by Gasteiger charge is -2.39. The Morgan fingerprint density at radius 3 is 2.29 bits per heavy atom. The molecule has 24 heavy (non-hydrogen) atoms. The number of benzene rings is 1. The van der Waals surface area contributed by atoms with Crippen LogP contribution < -0.4 is 0 Å². The topological polar surface area (TPSA) is 38.8 Å². The summed E-state index contributed by atoms with van der Waals surface area (Å²) in [6, 6.07) is 5.46. The van der Waals surface area contributed by atoms with Crippen LogP contribution in [0.5, 0.6) is 0 Å². The molecular formula is C18H23Cl2NO3. The molecule has 2 saturated heterocycles. The third-order valence-corrected chi connectivity index (χ3v) is 5.62. The van der Waals surface area contributed by atoms with E-state index in [2.05, 4.69) is 13.8 Å². The minimum atomic E-state index is -0.465. The molecule has 1 spiro atoms. The van der Waals surface area contributed by atoms with Crippen LogP contribution in [0.4, 0.5) is 0 Å². The summed E-state index contributed by atoms with van der Waals surface area (Å²) < 4.78 is 11.5. The molecule has 1 aromatic carbocycles. The van der Waals surface area contributed by atoms with E-state index in [1.54, 1.807) is 12.1 Å². The lowest BCUT2D eigenvalue weighted by molar-refractivity contribution is -0.188. The maximum Gasteiger partial charge on any atom is 0.230 e. The van der Waals surface area contributed by atoms with Crippen LogP contribution in [0, 0.1) is 5.92 Å². The first-order valence-electron chi connectivity index (χ1n) is 8.43. The van der Waals surface area contributed by atoms with Crippen molar-refractivity contribution in [3.05, 3.63) is 33.8 Å². The molecule has 0 N–H and O–H groups in total. The van der Waals surface area contributed by atoms with Gasteiger partial charge in [0.15, 0.2) is 5.79 Å². The monoisotopic (exact) mass is 371 g/mol. The second-order valence-corrected chi connectivity index (χ2v) is 7.64. The zero-order valence-electron chi connectivity index (χ0n) is 14.1. The number of carbonyl (C=O) groups is 1. The highest BCUT2D eigenvalue weighted by Gasteiger charge is 2.42. The van der Waals surface area contributed by atoms with E-state index in [1.165, 1.54) is 0 Å². The van der Waals surface area contributed by atoms with E-state index in [1.807, 2.05) is 11.0 Å². The average Bonchev–Trinajstić information content (AvgIpc) is 2.99. The van der Waals surface area contributed by atoms with Gasteiger partial charge in [-0.3, -0.25) is 4.79 Å². The maximum absolute atomic E-state index is 13.1. The van der Waals surface area contributed by atoms with E-state index in [9.17, 15) is 4.79 Å². The molecule has 0 aliphatic carbocycles. The van der Waals surface area contributed by atoms with Gasteiger partial charge in [-0.1, -0.05) is 43.1 Å². The standard InChI is InChI=1S/C18H23Cl2NO3/c1-12(2)16(13-3-4-14(19)15(20)11-13)17(22)21-7-5-18(6-8-21)23-9-10-24-18/h3-4,11-12,16H,5-10H2,1-2H3. The lowest BCUT2D eigenvalue weighted by Crippen LogP contribution is -2.49. The molecule has 2 heterocycles. The Hall–Kier alpha value is -0.810. The Labute approximate surface area is 153 Å². The first-order chi connectivity index (χ1) is 11.4. The van der Waals surface area contributed by atoms with Crippen molar-refractivity contribution in [2.45, 2.75) is 38.4 Å². The number of nitrogens with zero attached hydrogens (tertiary/aromatic N) is 1. The summed E-state index contributed by atoms with van der Waals surface area (Å²) in [7, 11) is 0. The molecular weight excluding hydrogens is 349 g/mol. The molecule has 6 heteroatoms. The minimum Gasteiger partial charge on any atom is -0.347 e. The van der Waals surface area contributed by atoms with Gasteiger partial charge in [0, 0.05) is 25.9 Å². The fourth-order valence-electron chi connectivity index (χ4n) is 3.57. The van der Waals surface area contributed by atoms with Gasteiger partial charge in [-0.2, -0.15) is 0 Å². The van der Waals surface area contributed by atoms with Crippen LogP contribution in [0.2, 0.25) is 10.0 Å². The Morgan fingerprint density at radius 1 is 1.12 bits per heavy atom. The van der Waals surface area contributed by atoms with Crippen molar-refractivity contribution in [3.8, 4) is 0 Å². The van der Waals surface area contributed by atoms with E-state index in [0.717, 1.165) is 18.4 Å². The van der Waals surface area contributed by atoms with Gasteiger partial charge >= 0.3 is 0 Å². The van der Waals surface area contributed by atoms with Gasteiger partial charge < -0.3 is 14.4 Å². The van der Waals surface area contributed by atoms with Crippen LogP contribution in [0.3, 0.4) is 0 Å². The molecule has 0 bridgehead atoms. The maximum atomic E-state index is 13.1. The zero-order chi connectivity index (χ0) is 17.3. The number of amides is 1. The summed E-state index contributed by atoms with van der Waals surface area (Å²) in [5.74, 6) is -0.381. The molecule has 1 amide bonds. The van der Waals surface area contributed by atoms with Crippen LogP contribution in [0.25, 0.3) is 0 Å². The third-order valence-electron chi connectivity index (χ3n) is 4.89. The SMILES string of the molecule is CC(C)C(C(=O)N1CCC2(CC1)OCCO2)c1ccc(Cl)c(Cl)c1. The molecule has 2 fully saturated rings. The lowest BCUT2D eigenvalue weighted by atomic mass is 9.86. The van der Waals surface area contributed by atoms with Gasteiger partial charge in [-0.25, -0.2) is 0 Å². The summed E-state index contributed by atoms with van der Waals surface area (Å²) in [6.07, 6.45) is 1.45. The highest BCUT2D eigenvalue weighted by atomic mass is 35.5. The second kappa shape index (κ2) is 7.20.